The Morgan fingerprint density at radius 3 is 2.53 bits per heavy atom. The van der Waals surface area contributed by atoms with E-state index in [-0.39, 0.29) is 23.3 Å². The first kappa shape index (κ1) is 23.9. The van der Waals surface area contributed by atoms with Crippen LogP contribution in [0.25, 0.3) is 0 Å². The van der Waals surface area contributed by atoms with Crippen LogP contribution in [0.1, 0.15) is 65.7 Å². The van der Waals surface area contributed by atoms with Crippen LogP contribution in [0.4, 0.5) is 10.1 Å². The zero-order valence-electron chi connectivity index (χ0n) is 19.4. The standard InChI is InChI=1S/C27H32FN3O3/c28-24-14-5-4-13-23(24)26(33)30-22-12-6-10-20(16-22)27(34)31-15-7-11-21(18-31)25(32)29-17-19-8-2-1-3-9-19/h4-6,10,12-14,16,19,21H,1-3,7-9,11,15,17-18H2,(H,29,32)(H,30,33). The molecule has 2 N–H and O–H groups in total. The Kier molecular flexibility index (Phi) is 7.93. The number of nitrogens with zero attached hydrogens (tertiary/aromatic N) is 1. The number of likely N-dealkylation sites (tertiary alicyclic amines) is 1. The molecule has 7 heteroatoms. The zero-order chi connectivity index (χ0) is 23.9. The van der Waals surface area contributed by atoms with Gasteiger partial charge in [-0.05, 0) is 61.9 Å². The van der Waals surface area contributed by atoms with Crippen molar-refractivity contribution in [3.63, 3.8) is 0 Å². The topological polar surface area (TPSA) is 78.5 Å². The van der Waals surface area contributed by atoms with Crippen LogP contribution in [-0.2, 0) is 4.79 Å². The molecule has 1 unspecified atom stereocenters. The van der Waals surface area contributed by atoms with E-state index in [0.29, 0.717) is 30.3 Å². The van der Waals surface area contributed by atoms with Crippen molar-refractivity contribution < 1.29 is 18.8 Å². The van der Waals surface area contributed by atoms with Crippen LogP contribution in [0.3, 0.4) is 0 Å². The first-order valence-corrected chi connectivity index (χ1v) is 12.2. The number of piperidine rings is 1. The van der Waals surface area contributed by atoms with Gasteiger partial charge in [0.15, 0.2) is 0 Å². The molecule has 2 fully saturated rings. The molecule has 6 nitrogen and oxygen atoms in total. The third kappa shape index (κ3) is 6.01. The minimum Gasteiger partial charge on any atom is -0.356 e. The second-order valence-corrected chi connectivity index (χ2v) is 9.35. The highest BCUT2D eigenvalue weighted by Crippen LogP contribution is 2.24. The molecular weight excluding hydrogens is 433 g/mol. The van der Waals surface area contributed by atoms with Crippen molar-refractivity contribution in [2.75, 3.05) is 25.0 Å². The molecule has 3 amide bonds. The second kappa shape index (κ2) is 11.3. The van der Waals surface area contributed by atoms with Crippen molar-refractivity contribution in [1.82, 2.24) is 10.2 Å². The molecule has 1 saturated carbocycles. The van der Waals surface area contributed by atoms with E-state index >= 15 is 0 Å². The number of hydrogen-bond acceptors (Lipinski definition) is 3. The van der Waals surface area contributed by atoms with E-state index in [2.05, 4.69) is 10.6 Å². The molecule has 34 heavy (non-hydrogen) atoms. The van der Waals surface area contributed by atoms with Crippen molar-refractivity contribution in [2.24, 2.45) is 11.8 Å². The maximum atomic E-state index is 13.9. The summed E-state index contributed by atoms with van der Waals surface area (Å²) >= 11 is 0. The smallest absolute Gasteiger partial charge is 0.258 e. The van der Waals surface area contributed by atoms with Crippen LogP contribution in [0.2, 0.25) is 0 Å². The first-order valence-electron chi connectivity index (χ1n) is 12.2. The van der Waals surface area contributed by atoms with Gasteiger partial charge in [0.1, 0.15) is 5.82 Å². The van der Waals surface area contributed by atoms with Gasteiger partial charge in [-0.2, -0.15) is 0 Å². The molecule has 0 radical (unpaired) electrons. The number of nitrogens with one attached hydrogen (secondary N) is 2. The predicted octanol–water partition coefficient (Wildman–Crippen LogP) is 4.63. The van der Waals surface area contributed by atoms with Crippen molar-refractivity contribution in [3.8, 4) is 0 Å². The number of carbonyl (C=O) groups is 3. The van der Waals surface area contributed by atoms with Crippen LogP contribution < -0.4 is 10.6 Å². The highest BCUT2D eigenvalue weighted by atomic mass is 19.1. The Bertz CT molecular complexity index is 1040. The summed E-state index contributed by atoms with van der Waals surface area (Å²) in [6.07, 6.45) is 7.69. The largest absolute Gasteiger partial charge is 0.356 e. The van der Waals surface area contributed by atoms with Crippen molar-refractivity contribution in [1.29, 1.82) is 0 Å². The average Bonchev–Trinajstić information content (AvgIpc) is 2.88. The van der Waals surface area contributed by atoms with E-state index in [1.165, 1.54) is 50.3 Å². The molecule has 1 saturated heterocycles. The van der Waals surface area contributed by atoms with Crippen LogP contribution in [0, 0.1) is 17.7 Å². The van der Waals surface area contributed by atoms with Gasteiger partial charge in [0.05, 0.1) is 11.5 Å². The summed E-state index contributed by atoms with van der Waals surface area (Å²) in [6.45, 7) is 1.71. The summed E-state index contributed by atoms with van der Waals surface area (Å²) in [4.78, 5) is 40.0. The fraction of sp³-hybridized carbons (Fsp3) is 0.444. The molecule has 2 aromatic carbocycles. The highest BCUT2D eigenvalue weighted by molar-refractivity contribution is 6.05. The Labute approximate surface area is 199 Å². The zero-order valence-corrected chi connectivity index (χ0v) is 19.4. The minimum absolute atomic E-state index is 0.0361. The van der Waals surface area contributed by atoms with Gasteiger partial charge in [-0.25, -0.2) is 4.39 Å². The maximum Gasteiger partial charge on any atom is 0.258 e. The lowest BCUT2D eigenvalue weighted by Gasteiger charge is -2.32. The van der Waals surface area contributed by atoms with E-state index in [1.807, 2.05) is 0 Å². The summed E-state index contributed by atoms with van der Waals surface area (Å²) in [6, 6.07) is 12.4. The third-order valence-corrected chi connectivity index (χ3v) is 6.85. The van der Waals surface area contributed by atoms with Gasteiger partial charge in [0, 0.05) is 30.9 Å². The molecule has 0 bridgehead atoms. The maximum absolute atomic E-state index is 13.9. The Balaban J connectivity index is 1.35. The number of rotatable bonds is 6. The summed E-state index contributed by atoms with van der Waals surface area (Å²) in [5.41, 5.74) is 0.782. The van der Waals surface area contributed by atoms with Crippen LogP contribution in [-0.4, -0.2) is 42.3 Å². The second-order valence-electron chi connectivity index (χ2n) is 9.35. The first-order chi connectivity index (χ1) is 16.5. The molecule has 0 spiro atoms. The Morgan fingerprint density at radius 2 is 1.74 bits per heavy atom. The number of benzene rings is 2. The number of halogens is 1. The van der Waals surface area contributed by atoms with E-state index in [1.54, 1.807) is 35.2 Å². The normalized spacial score (nSPS) is 18.9. The van der Waals surface area contributed by atoms with Gasteiger partial charge >= 0.3 is 0 Å². The molecule has 4 rings (SSSR count). The van der Waals surface area contributed by atoms with Gasteiger partial charge in [-0.1, -0.05) is 37.5 Å². The molecule has 2 aromatic rings. The molecule has 1 atom stereocenters. The lowest BCUT2D eigenvalue weighted by atomic mass is 9.89. The molecule has 1 heterocycles. The van der Waals surface area contributed by atoms with Crippen molar-refractivity contribution >= 4 is 23.4 Å². The van der Waals surface area contributed by atoms with Gasteiger partial charge in [0.2, 0.25) is 5.91 Å². The quantitative estimate of drug-likeness (QED) is 0.653. The monoisotopic (exact) mass is 465 g/mol. The summed E-state index contributed by atoms with van der Waals surface area (Å²) < 4.78 is 13.9. The van der Waals surface area contributed by atoms with E-state index < -0.39 is 11.7 Å². The number of hydrogen-bond donors (Lipinski definition) is 2. The molecule has 2 aliphatic rings. The van der Waals surface area contributed by atoms with Gasteiger partial charge in [-0.3, -0.25) is 14.4 Å². The van der Waals surface area contributed by atoms with Crippen LogP contribution >= 0.6 is 0 Å². The summed E-state index contributed by atoms with van der Waals surface area (Å²) in [5.74, 6) is -0.948. The fourth-order valence-corrected chi connectivity index (χ4v) is 4.91. The molecular formula is C27H32FN3O3. The highest BCUT2D eigenvalue weighted by Gasteiger charge is 2.29. The Morgan fingerprint density at radius 1 is 0.941 bits per heavy atom. The van der Waals surface area contributed by atoms with Crippen molar-refractivity contribution in [3.05, 3.63) is 65.5 Å². The van der Waals surface area contributed by atoms with Gasteiger partial charge in [-0.15, -0.1) is 0 Å². The van der Waals surface area contributed by atoms with Gasteiger partial charge < -0.3 is 15.5 Å². The van der Waals surface area contributed by atoms with Gasteiger partial charge in [0.25, 0.3) is 11.8 Å². The van der Waals surface area contributed by atoms with E-state index in [4.69, 9.17) is 0 Å². The SMILES string of the molecule is O=C(Nc1cccc(C(=O)N2CCCC(C(=O)NCC3CCCCC3)C2)c1)c1ccccc1F. The van der Waals surface area contributed by atoms with Crippen LogP contribution in [0.5, 0.6) is 0 Å². The van der Waals surface area contributed by atoms with Crippen LogP contribution in [0.15, 0.2) is 48.5 Å². The number of amides is 3. The number of carbonyl (C=O) groups excluding carboxylic acids is 3. The molecule has 0 aromatic heterocycles. The van der Waals surface area contributed by atoms with Crippen molar-refractivity contribution in [2.45, 2.75) is 44.9 Å². The Hall–Kier alpha value is -3.22. The summed E-state index contributed by atoms with van der Waals surface area (Å²) in [7, 11) is 0. The van der Waals surface area contributed by atoms with E-state index in [0.717, 1.165) is 19.4 Å². The molecule has 180 valence electrons. The molecule has 1 aliphatic heterocycles. The number of anilines is 1. The van der Waals surface area contributed by atoms with E-state index in [9.17, 15) is 18.8 Å². The summed E-state index contributed by atoms with van der Waals surface area (Å²) in [5, 5.41) is 5.78. The average molecular weight is 466 g/mol. The minimum atomic E-state index is -0.603. The fourth-order valence-electron chi connectivity index (χ4n) is 4.91. The molecule has 1 aliphatic carbocycles. The lowest BCUT2D eigenvalue weighted by Crippen LogP contribution is -2.46. The predicted molar refractivity (Wildman–Crippen MR) is 129 cm³/mol. The lowest BCUT2D eigenvalue weighted by molar-refractivity contribution is -0.126. The third-order valence-electron chi connectivity index (χ3n) is 6.85.